The second-order valence-corrected chi connectivity index (χ2v) is 23.1. The normalized spacial score (nSPS) is 12.5. The monoisotopic (exact) mass is 1360 g/mol. The fourth-order valence-electron chi connectivity index (χ4n) is 8.68. The lowest BCUT2D eigenvalue weighted by molar-refractivity contribution is -0.157. The fourth-order valence-corrected chi connectivity index (χ4v) is 8.68. The molecule has 0 aromatic heterocycles. The highest BCUT2D eigenvalue weighted by molar-refractivity contribution is 5.95. The molecule has 27 nitrogen and oxygen atoms in total. The highest BCUT2D eigenvalue weighted by Gasteiger charge is 2.26. The van der Waals surface area contributed by atoms with E-state index >= 15 is 0 Å². The molecule has 0 aromatic carbocycles. The van der Waals surface area contributed by atoms with Crippen molar-refractivity contribution in [1.82, 2.24) is 31.9 Å². The molecule has 6 unspecified atom stereocenters. The standard InChI is InChI=1S/C27H48N2O9.C22H40N2O7.C19H36N2O5/c1-4-7-8-13-22(38-26(34)16-11-15-25(33)36-17-5-2)21(30)12-9-10-14-23(31)28-20-29-24(32)19-27(35)37-18-6-3;1-4-7-8-12-18(31-21(28)6-3)17(25)11-9-10-13-19(26)23-16-24-20(27)15-22(29)30-14-5-2;1-4-7-8-12-16(26-19(25)6-3)15(22)11-9-10-13-18(24)21-14-20-17(23)5-2/h21-22,30H,4-20H2,1-3H3,(H,28,31)(H,29,32);17-18,25H,4-16H2,1-3H3,(H,23,26)(H,24,27);15-16,22H,4-14H2,1-3H3,(H,20,23)(H,21,24). The summed E-state index contributed by atoms with van der Waals surface area (Å²) in [4.78, 5) is 139. The van der Waals surface area contributed by atoms with Gasteiger partial charge in [-0.25, -0.2) is 0 Å². The van der Waals surface area contributed by atoms with E-state index in [0.717, 1.165) is 64.2 Å². The van der Waals surface area contributed by atoms with Crippen LogP contribution >= 0.6 is 0 Å². The first kappa shape index (κ1) is 92.7. The number of aliphatic hydroxyl groups excluding tert-OH is 3. The second kappa shape index (κ2) is 64.8. The van der Waals surface area contributed by atoms with E-state index in [0.29, 0.717) is 122 Å². The first-order valence-corrected chi connectivity index (χ1v) is 35.2. The van der Waals surface area contributed by atoms with Gasteiger partial charge < -0.3 is 75.6 Å². The predicted octanol–water partition coefficient (Wildman–Crippen LogP) is 7.81. The number of hydrogen-bond donors (Lipinski definition) is 9. The molecule has 0 aliphatic rings. The Hall–Kier alpha value is -6.48. The number of nitrogens with one attached hydrogen (secondary N) is 6. The Balaban J connectivity index is -0.00000136. The molecule has 0 spiro atoms. The molecule has 0 heterocycles. The number of esters is 6. The van der Waals surface area contributed by atoms with Gasteiger partial charge >= 0.3 is 35.8 Å². The lowest BCUT2D eigenvalue weighted by Gasteiger charge is -2.23. The molecule has 95 heavy (non-hydrogen) atoms. The third kappa shape index (κ3) is 59.7. The number of carbonyl (C=O) groups excluding carboxylic acids is 12. The van der Waals surface area contributed by atoms with Gasteiger partial charge in [-0.05, 0) is 103 Å². The average molecular weight is 1360 g/mol. The van der Waals surface area contributed by atoms with Crippen LogP contribution in [0.1, 0.15) is 287 Å². The molecule has 0 saturated carbocycles. The molecule has 552 valence electrons. The van der Waals surface area contributed by atoms with Crippen molar-refractivity contribution < 1.29 is 101 Å². The Morgan fingerprint density at radius 2 is 0.558 bits per heavy atom. The number of hydrogen-bond acceptors (Lipinski definition) is 21. The summed E-state index contributed by atoms with van der Waals surface area (Å²) >= 11 is 0. The molecule has 0 bridgehead atoms. The highest BCUT2D eigenvalue weighted by atomic mass is 16.6. The maximum absolute atomic E-state index is 12.3. The summed E-state index contributed by atoms with van der Waals surface area (Å²) in [7, 11) is 0. The van der Waals surface area contributed by atoms with E-state index < -0.39 is 72.8 Å². The number of ether oxygens (including phenoxy) is 6. The molecule has 0 fully saturated rings. The smallest absolute Gasteiger partial charge is 0.315 e. The van der Waals surface area contributed by atoms with Crippen LogP contribution in [0, 0.1) is 0 Å². The average Bonchev–Trinajstić information content (AvgIpc) is 1.54. The van der Waals surface area contributed by atoms with Gasteiger partial charge in [-0.3, -0.25) is 57.5 Å². The van der Waals surface area contributed by atoms with Crippen molar-refractivity contribution in [3.8, 4) is 0 Å². The zero-order valence-corrected chi connectivity index (χ0v) is 59.1. The van der Waals surface area contributed by atoms with E-state index in [1.165, 1.54) is 0 Å². The summed E-state index contributed by atoms with van der Waals surface area (Å²) in [5.74, 6) is -4.39. The van der Waals surface area contributed by atoms with Gasteiger partial charge in [-0.1, -0.05) is 120 Å². The molecular formula is C68H124N6O21. The van der Waals surface area contributed by atoms with Crippen molar-refractivity contribution in [2.24, 2.45) is 0 Å². The van der Waals surface area contributed by atoms with Crippen LogP contribution in [-0.4, -0.2) is 163 Å². The molecule has 0 rings (SSSR count). The van der Waals surface area contributed by atoms with Crippen molar-refractivity contribution >= 4 is 71.3 Å². The topological polar surface area (TPSA) is 393 Å². The molecule has 6 atom stereocenters. The van der Waals surface area contributed by atoms with Gasteiger partial charge in [-0.2, -0.15) is 0 Å². The molecule has 0 aliphatic carbocycles. The predicted molar refractivity (Wildman–Crippen MR) is 357 cm³/mol. The number of amides is 6. The van der Waals surface area contributed by atoms with Crippen LogP contribution in [0.25, 0.3) is 0 Å². The third-order valence-corrected chi connectivity index (χ3v) is 14.3. The van der Waals surface area contributed by atoms with Crippen molar-refractivity contribution in [3.05, 3.63) is 0 Å². The van der Waals surface area contributed by atoms with E-state index in [4.69, 9.17) is 28.4 Å². The number of aliphatic hydroxyl groups is 3. The summed E-state index contributed by atoms with van der Waals surface area (Å²) in [6, 6.07) is 0. The van der Waals surface area contributed by atoms with Gasteiger partial charge in [0.1, 0.15) is 31.2 Å². The number of unbranched alkanes of at least 4 members (excludes halogenated alkanes) is 9. The fraction of sp³-hybridized carbons (Fsp3) is 0.824. The molecule has 0 aromatic rings. The lowest BCUT2D eigenvalue weighted by atomic mass is 10.0. The summed E-state index contributed by atoms with van der Waals surface area (Å²) in [6.07, 6.45) is 15.2. The lowest BCUT2D eigenvalue weighted by Crippen LogP contribution is -2.38. The van der Waals surface area contributed by atoms with E-state index in [1.807, 2.05) is 20.8 Å². The van der Waals surface area contributed by atoms with Gasteiger partial charge in [-0.15, -0.1) is 0 Å². The van der Waals surface area contributed by atoms with Crippen LogP contribution in [0.15, 0.2) is 0 Å². The van der Waals surface area contributed by atoms with Gasteiger partial charge in [0, 0.05) is 51.4 Å². The van der Waals surface area contributed by atoms with Crippen LogP contribution in [0.3, 0.4) is 0 Å². The number of rotatable bonds is 56. The summed E-state index contributed by atoms with van der Waals surface area (Å²) < 4.78 is 30.9. The zero-order chi connectivity index (χ0) is 71.9. The van der Waals surface area contributed by atoms with E-state index in [2.05, 4.69) is 52.7 Å². The minimum Gasteiger partial charge on any atom is -0.466 e. The Kier molecular flexibility index (Phi) is 63.3. The summed E-state index contributed by atoms with van der Waals surface area (Å²) in [5, 5.41) is 46.5. The van der Waals surface area contributed by atoms with Gasteiger partial charge in [0.25, 0.3) is 0 Å². The first-order valence-electron chi connectivity index (χ1n) is 35.2. The minimum atomic E-state index is -0.847. The van der Waals surface area contributed by atoms with Crippen LogP contribution < -0.4 is 31.9 Å². The van der Waals surface area contributed by atoms with Crippen LogP contribution in [0.2, 0.25) is 0 Å². The summed E-state index contributed by atoms with van der Waals surface area (Å²) in [5.41, 5.74) is 0. The highest BCUT2D eigenvalue weighted by Crippen LogP contribution is 2.20. The molecule has 6 amide bonds. The Morgan fingerprint density at radius 1 is 0.274 bits per heavy atom. The van der Waals surface area contributed by atoms with Crippen molar-refractivity contribution in [2.75, 3.05) is 39.8 Å². The summed E-state index contributed by atoms with van der Waals surface area (Å²) in [6.45, 7) is 18.0. The van der Waals surface area contributed by atoms with E-state index in [1.54, 1.807) is 20.8 Å². The van der Waals surface area contributed by atoms with Crippen LogP contribution in [0.5, 0.6) is 0 Å². The van der Waals surface area contributed by atoms with Crippen molar-refractivity contribution in [3.63, 3.8) is 0 Å². The first-order chi connectivity index (χ1) is 45.5. The van der Waals surface area contributed by atoms with Crippen LogP contribution in [0.4, 0.5) is 0 Å². The molecule has 0 radical (unpaired) electrons. The van der Waals surface area contributed by atoms with Crippen LogP contribution in [-0.2, 0) is 86.0 Å². The maximum atomic E-state index is 12.3. The molecule has 9 N–H and O–H groups in total. The largest absolute Gasteiger partial charge is 0.466 e. The molecular weight excluding hydrogens is 1240 g/mol. The molecule has 27 heteroatoms. The Labute approximate surface area is 566 Å². The number of carbonyl (C=O) groups is 12. The Morgan fingerprint density at radius 3 is 0.863 bits per heavy atom. The molecule has 0 aliphatic heterocycles. The van der Waals surface area contributed by atoms with E-state index in [-0.39, 0.29) is 113 Å². The van der Waals surface area contributed by atoms with Crippen molar-refractivity contribution in [1.29, 1.82) is 0 Å². The quantitative estimate of drug-likeness (QED) is 0.00921. The maximum Gasteiger partial charge on any atom is 0.315 e. The van der Waals surface area contributed by atoms with Gasteiger partial charge in [0.05, 0.1) is 58.1 Å². The third-order valence-electron chi connectivity index (χ3n) is 14.3. The van der Waals surface area contributed by atoms with Crippen molar-refractivity contribution in [2.45, 2.75) is 324 Å². The van der Waals surface area contributed by atoms with Gasteiger partial charge in [0.15, 0.2) is 0 Å². The molecule has 0 saturated heterocycles. The minimum absolute atomic E-state index is 0.0617. The van der Waals surface area contributed by atoms with E-state index in [9.17, 15) is 72.9 Å². The van der Waals surface area contributed by atoms with Gasteiger partial charge in [0.2, 0.25) is 35.4 Å². The Bertz CT molecular complexity index is 2100. The zero-order valence-electron chi connectivity index (χ0n) is 59.1. The SMILES string of the molecule is CCCCCC(OC(=O)CC)C(O)CCCCC(=O)NCNC(=O)CC.CCCCCC(OC(=O)CC)C(O)CCCCC(=O)NCNC(=O)CC(=O)OCCC.CCCCCC(OC(=O)CCCC(=O)OCCC)C(O)CCCCC(=O)NCNC(=O)CC(=O)OCCC. The second-order valence-electron chi connectivity index (χ2n) is 23.1.